The summed E-state index contributed by atoms with van der Waals surface area (Å²) in [5.41, 5.74) is 0.995. The van der Waals surface area contributed by atoms with E-state index in [1.54, 1.807) is 0 Å². The topological polar surface area (TPSA) is 12.9 Å². The van der Waals surface area contributed by atoms with Gasteiger partial charge < -0.3 is 0 Å². The van der Waals surface area contributed by atoms with Crippen LogP contribution in [0.1, 0.15) is 12.0 Å². The molecule has 1 aromatic carbocycles. The van der Waals surface area contributed by atoms with Gasteiger partial charge in [0.1, 0.15) is 0 Å². The fourth-order valence-electron chi connectivity index (χ4n) is 1.43. The van der Waals surface area contributed by atoms with E-state index in [1.807, 2.05) is 30.6 Å². The molecule has 0 aliphatic heterocycles. The number of hydrogen-bond acceptors (Lipinski definition) is 2. The molecule has 0 N–H and O–H groups in total. The summed E-state index contributed by atoms with van der Waals surface area (Å²) >= 11 is 4.12. The number of thiol groups is 1. The van der Waals surface area contributed by atoms with Gasteiger partial charge in [-0.25, -0.2) is 0 Å². The van der Waals surface area contributed by atoms with Crippen molar-refractivity contribution in [2.75, 3.05) is 5.75 Å². The molecule has 1 aromatic heterocycles. The van der Waals surface area contributed by atoms with E-state index in [0.717, 1.165) is 23.1 Å². The van der Waals surface area contributed by atoms with Crippen molar-refractivity contribution in [2.24, 2.45) is 0 Å². The lowest BCUT2D eigenvalue weighted by Crippen LogP contribution is -1.82. The minimum absolute atomic E-state index is 0.797. The highest BCUT2D eigenvalue weighted by molar-refractivity contribution is 7.80. The van der Waals surface area contributed by atoms with Crippen molar-refractivity contribution in [3.63, 3.8) is 0 Å². The molecule has 0 amide bonds. The van der Waals surface area contributed by atoms with Crippen LogP contribution >= 0.6 is 12.6 Å². The van der Waals surface area contributed by atoms with Crippen LogP contribution in [0.25, 0.3) is 10.8 Å². The molecule has 2 rings (SSSR count). The van der Waals surface area contributed by atoms with Gasteiger partial charge in [0.15, 0.2) is 0 Å². The molecule has 0 saturated carbocycles. The average molecular weight is 213 g/mol. The van der Waals surface area contributed by atoms with Crippen LogP contribution in [0.2, 0.25) is 0 Å². The molecular weight excluding hydrogens is 202 g/mol. The maximum Gasteiger partial charge on any atom is 0.0507 e. The number of pyridine rings is 1. The van der Waals surface area contributed by atoms with Gasteiger partial charge in [-0.3, -0.25) is 4.98 Å². The number of fused-ring (bicyclic) bond motifs is 1. The molecule has 1 nitrogen and oxygen atoms in total. The number of nitrogens with zero attached hydrogens (tertiary/aromatic N) is 1. The Morgan fingerprint density at radius 3 is 2.93 bits per heavy atom. The van der Waals surface area contributed by atoms with Crippen LogP contribution in [0.15, 0.2) is 36.7 Å². The number of rotatable bonds is 1. The molecule has 2 heteroatoms. The first kappa shape index (κ1) is 10.1. The van der Waals surface area contributed by atoms with Crippen LogP contribution in [0, 0.1) is 11.8 Å². The van der Waals surface area contributed by atoms with Gasteiger partial charge in [-0.05, 0) is 0 Å². The Hall–Kier alpha value is -1.46. The maximum atomic E-state index is 4.17. The van der Waals surface area contributed by atoms with Gasteiger partial charge in [-0.15, -0.1) is 0 Å². The van der Waals surface area contributed by atoms with Crippen molar-refractivity contribution in [1.29, 1.82) is 0 Å². The quantitative estimate of drug-likeness (QED) is 0.567. The van der Waals surface area contributed by atoms with Crippen molar-refractivity contribution in [2.45, 2.75) is 6.42 Å². The minimum Gasteiger partial charge on any atom is -0.263 e. The molecule has 1 heterocycles. The lowest BCUT2D eigenvalue weighted by molar-refractivity contribution is 1.30. The van der Waals surface area contributed by atoms with E-state index < -0.39 is 0 Å². The highest BCUT2D eigenvalue weighted by Gasteiger charge is 1.96. The summed E-state index contributed by atoms with van der Waals surface area (Å²) in [7, 11) is 0. The first-order valence-electron chi connectivity index (χ1n) is 4.84. The molecule has 0 spiro atoms. The minimum atomic E-state index is 0.797. The Bertz CT molecular complexity index is 517. The molecule has 15 heavy (non-hydrogen) atoms. The summed E-state index contributed by atoms with van der Waals surface area (Å²) in [5, 5.41) is 2.30. The Balaban J connectivity index is 2.48. The molecule has 74 valence electrons. The fraction of sp³-hybridized carbons (Fsp3) is 0.154. The van der Waals surface area contributed by atoms with E-state index >= 15 is 0 Å². The second-order valence-corrected chi connectivity index (χ2v) is 3.63. The molecule has 2 aromatic rings. The van der Waals surface area contributed by atoms with Crippen molar-refractivity contribution in [3.8, 4) is 11.8 Å². The van der Waals surface area contributed by atoms with Gasteiger partial charge in [0.25, 0.3) is 0 Å². The van der Waals surface area contributed by atoms with Gasteiger partial charge >= 0.3 is 0 Å². The van der Waals surface area contributed by atoms with E-state index in [9.17, 15) is 0 Å². The summed E-state index contributed by atoms with van der Waals surface area (Å²) < 4.78 is 0. The zero-order valence-electron chi connectivity index (χ0n) is 8.27. The van der Waals surface area contributed by atoms with Crippen molar-refractivity contribution < 1.29 is 0 Å². The normalized spacial score (nSPS) is 9.67. The van der Waals surface area contributed by atoms with Gasteiger partial charge in [0, 0.05) is 35.3 Å². The van der Waals surface area contributed by atoms with E-state index in [1.165, 1.54) is 5.39 Å². The van der Waals surface area contributed by atoms with Crippen LogP contribution < -0.4 is 0 Å². The first-order chi connectivity index (χ1) is 7.42. The lowest BCUT2D eigenvalue weighted by Gasteiger charge is -1.98. The van der Waals surface area contributed by atoms with Crippen LogP contribution in [-0.4, -0.2) is 10.7 Å². The number of benzene rings is 1. The van der Waals surface area contributed by atoms with Crippen molar-refractivity contribution >= 4 is 23.4 Å². The monoisotopic (exact) mass is 213 g/mol. The average Bonchev–Trinajstić information content (AvgIpc) is 2.30. The summed E-state index contributed by atoms with van der Waals surface area (Å²) in [6, 6.07) is 8.15. The van der Waals surface area contributed by atoms with E-state index in [4.69, 9.17) is 0 Å². The molecule has 0 saturated heterocycles. The van der Waals surface area contributed by atoms with Crippen LogP contribution in [0.4, 0.5) is 0 Å². The largest absolute Gasteiger partial charge is 0.263 e. The summed E-state index contributed by atoms with van der Waals surface area (Å²) in [6.45, 7) is 0. The molecule has 0 atom stereocenters. The van der Waals surface area contributed by atoms with E-state index in [2.05, 4.69) is 35.5 Å². The highest BCUT2D eigenvalue weighted by Crippen LogP contribution is 2.15. The molecule has 0 radical (unpaired) electrons. The fourth-order valence-corrected chi connectivity index (χ4v) is 1.54. The third-order valence-electron chi connectivity index (χ3n) is 2.13. The van der Waals surface area contributed by atoms with Gasteiger partial charge in [0.2, 0.25) is 0 Å². The summed E-state index contributed by atoms with van der Waals surface area (Å²) in [6.07, 6.45) is 4.49. The predicted octanol–water partition coefficient (Wildman–Crippen LogP) is 2.91. The van der Waals surface area contributed by atoms with Gasteiger partial charge in [-0.1, -0.05) is 36.1 Å². The molecular formula is C13H11NS. The van der Waals surface area contributed by atoms with E-state index in [0.29, 0.717) is 0 Å². The predicted molar refractivity (Wildman–Crippen MR) is 67.1 cm³/mol. The van der Waals surface area contributed by atoms with Crippen LogP contribution in [0.5, 0.6) is 0 Å². The summed E-state index contributed by atoms with van der Waals surface area (Å²) in [5.74, 6) is 7.00. The van der Waals surface area contributed by atoms with Gasteiger partial charge in [-0.2, -0.15) is 12.6 Å². The first-order valence-corrected chi connectivity index (χ1v) is 5.47. The van der Waals surface area contributed by atoms with Crippen molar-refractivity contribution in [3.05, 3.63) is 42.2 Å². The Morgan fingerprint density at radius 2 is 2.07 bits per heavy atom. The van der Waals surface area contributed by atoms with Crippen LogP contribution in [0.3, 0.4) is 0 Å². The number of hydrogen-bond donors (Lipinski definition) is 1. The summed E-state index contributed by atoms with van der Waals surface area (Å²) in [4.78, 5) is 4.17. The zero-order chi connectivity index (χ0) is 10.5. The SMILES string of the molecule is SCCC#Cc1cncc2ccccc12. The lowest BCUT2D eigenvalue weighted by atomic mass is 10.1. The molecule has 0 aliphatic carbocycles. The van der Waals surface area contributed by atoms with Crippen LogP contribution in [-0.2, 0) is 0 Å². The molecule has 0 bridgehead atoms. The third-order valence-corrected chi connectivity index (χ3v) is 2.35. The standard InChI is InChI=1S/C13H11NS/c15-8-4-3-6-12-10-14-9-11-5-1-2-7-13(11)12/h1-2,5,7,9-10,15H,4,8H2. The smallest absolute Gasteiger partial charge is 0.0507 e. The Kier molecular flexibility index (Phi) is 3.26. The molecule has 0 unspecified atom stereocenters. The van der Waals surface area contributed by atoms with Crippen molar-refractivity contribution in [1.82, 2.24) is 4.98 Å². The molecule has 0 fully saturated rings. The maximum absolute atomic E-state index is 4.17. The second-order valence-electron chi connectivity index (χ2n) is 3.18. The highest BCUT2D eigenvalue weighted by atomic mass is 32.1. The second kappa shape index (κ2) is 4.86. The Morgan fingerprint density at radius 1 is 1.20 bits per heavy atom. The number of aromatic nitrogens is 1. The van der Waals surface area contributed by atoms with Gasteiger partial charge in [0.05, 0.1) is 5.56 Å². The molecule has 0 aliphatic rings. The Labute approximate surface area is 94.9 Å². The third kappa shape index (κ3) is 2.31. The zero-order valence-corrected chi connectivity index (χ0v) is 9.17. The van der Waals surface area contributed by atoms with E-state index in [-0.39, 0.29) is 0 Å².